The second kappa shape index (κ2) is 6.31. The molecule has 0 amide bonds. The van der Waals surface area contributed by atoms with Crippen LogP contribution in [-0.2, 0) is 17.7 Å². The number of imidazole rings is 1. The van der Waals surface area contributed by atoms with Crippen LogP contribution >= 0.6 is 0 Å². The Morgan fingerprint density at radius 2 is 2.29 bits per heavy atom. The van der Waals surface area contributed by atoms with Crippen molar-refractivity contribution < 1.29 is 4.74 Å². The molecule has 3 rings (SSSR count). The van der Waals surface area contributed by atoms with Gasteiger partial charge in [-0.1, -0.05) is 18.2 Å². The van der Waals surface area contributed by atoms with E-state index in [1.54, 1.807) is 0 Å². The lowest BCUT2D eigenvalue weighted by molar-refractivity contribution is 0.0729. The van der Waals surface area contributed by atoms with E-state index in [-0.39, 0.29) is 6.10 Å². The minimum absolute atomic E-state index is 0.267. The maximum Gasteiger partial charge on any atom is 0.0951 e. The number of ether oxygens (including phenoxy) is 1. The Morgan fingerprint density at radius 1 is 1.38 bits per heavy atom. The molecule has 112 valence electrons. The van der Waals surface area contributed by atoms with Gasteiger partial charge in [0.1, 0.15) is 0 Å². The Bertz CT molecular complexity index is 604. The number of aryl methyl sites for hydroxylation is 1. The van der Waals surface area contributed by atoms with Crippen molar-refractivity contribution in [2.24, 2.45) is 0 Å². The van der Waals surface area contributed by atoms with Crippen molar-refractivity contribution in [3.05, 3.63) is 36.3 Å². The summed E-state index contributed by atoms with van der Waals surface area (Å²) in [6.45, 7) is 6.72. The molecule has 1 aromatic heterocycles. The number of aromatic nitrogens is 2. The number of fused-ring (bicyclic) bond motifs is 1. The van der Waals surface area contributed by atoms with Gasteiger partial charge >= 0.3 is 0 Å². The number of hydrogen-bond donors (Lipinski definition) is 1. The van der Waals surface area contributed by atoms with Gasteiger partial charge in [-0.15, -0.1) is 0 Å². The second-order valence-electron chi connectivity index (χ2n) is 5.76. The van der Waals surface area contributed by atoms with Gasteiger partial charge in [-0.25, -0.2) is 4.98 Å². The van der Waals surface area contributed by atoms with Gasteiger partial charge in [-0.05, 0) is 32.3 Å². The molecule has 0 bridgehead atoms. The first-order valence-electron chi connectivity index (χ1n) is 7.73. The van der Waals surface area contributed by atoms with Gasteiger partial charge in [-0.2, -0.15) is 0 Å². The van der Waals surface area contributed by atoms with E-state index in [1.807, 2.05) is 12.5 Å². The van der Waals surface area contributed by atoms with Crippen LogP contribution in [0.2, 0.25) is 0 Å². The molecule has 4 nitrogen and oxygen atoms in total. The van der Waals surface area contributed by atoms with Crippen LogP contribution in [0.4, 0.5) is 5.69 Å². The van der Waals surface area contributed by atoms with Crippen molar-refractivity contribution in [3.63, 3.8) is 0 Å². The Labute approximate surface area is 126 Å². The van der Waals surface area contributed by atoms with Crippen molar-refractivity contribution in [1.82, 2.24) is 9.55 Å². The average Bonchev–Trinajstić information content (AvgIpc) is 2.94. The zero-order valence-electron chi connectivity index (χ0n) is 12.8. The van der Waals surface area contributed by atoms with Gasteiger partial charge in [0, 0.05) is 24.3 Å². The zero-order chi connectivity index (χ0) is 14.7. The third kappa shape index (κ3) is 3.10. The minimum atomic E-state index is 0.267. The lowest BCUT2D eigenvalue weighted by Gasteiger charge is -2.21. The molecular weight excluding hydrogens is 262 g/mol. The van der Waals surface area contributed by atoms with E-state index in [9.17, 15) is 0 Å². The third-order valence-electron chi connectivity index (χ3n) is 3.85. The molecule has 1 aromatic carbocycles. The predicted octanol–water partition coefficient (Wildman–Crippen LogP) is 3.33. The molecule has 0 aliphatic carbocycles. The normalized spacial score (nSPS) is 14.0. The fourth-order valence-electron chi connectivity index (χ4n) is 2.83. The molecule has 0 fully saturated rings. The first-order chi connectivity index (χ1) is 10.3. The number of rotatable bonds is 5. The number of para-hydroxylation sites is 1. The third-order valence-corrected chi connectivity index (χ3v) is 3.85. The zero-order valence-corrected chi connectivity index (χ0v) is 12.8. The predicted molar refractivity (Wildman–Crippen MR) is 85.6 cm³/mol. The number of anilines is 1. The van der Waals surface area contributed by atoms with Crippen molar-refractivity contribution in [2.45, 2.75) is 39.3 Å². The molecule has 2 heterocycles. The van der Waals surface area contributed by atoms with Gasteiger partial charge in [0.15, 0.2) is 0 Å². The van der Waals surface area contributed by atoms with Crippen molar-refractivity contribution in [1.29, 1.82) is 0 Å². The van der Waals surface area contributed by atoms with Gasteiger partial charge in [0.2, 0.25) is 0 Å². The number of hydrogen-bond acceptors (Lipinski definition) is 3. The van der Waals surface area contributed by atoms with E-state index in [1.165, 1.54) is 23.2 Å². The topological polar surface area (TPSA) is 39.1 Å². The molecule has 0 spiro atoms. The molecular formula is C17H23N3O. The molecule has 2 aromatic rings. The summed E-state index contributed by atoms with van der Waals surface area (Å²) in [7, 11) is 0. The van der Waals surface area contributed by atoms with E-state index >= 15 is 0 Å². The second-order valence-corrected chi connectivity index (χ2v) is 5.76. The number of nitrogens with one attached hydrogen (secondary N) is 1. The molecule has 1 aliphatic heterocycles. The molecule has 1 N–H and O–H groups in total. The van der Waals surface area contributed by atoms with E-state index < -0.39 is 0 Å². The first kappa shape index (κ1) is 14.1. The lowest BCUT2D eigenvalue weighted by atomic mass is 9.98. The van der Waals surface area contributed by atoms with Crippen LogP contribution < -0.4 is 5.32 Å². The van der Waals surface area contributed by atoms with E-state index in [0.717, 1.165) is 25.2 Å². The fraction of sp³-hybridized carbons (Fsp3) is 0.471. The fourth-order valence-corrected chi connectivity index (χ4v) is 2.83. The van der Waals surface area contributed by atoms with Crippen LogP contribution in [0.5, 0.6) is 0 Å². The summed E-state index contributed by atoms with van der Waals surface area (Å²) in [5.74, 6) is 0. The Morgan fingerprint density at radius 3 is 3.14 bits per heavy atom. The molecule has 4 heteroatoms. The van der Waals surface area contributed by atoms with Crippen molar-refractivity contribution in [3.8, 4) is 11.3 Å². The van der Waals surface area contributed by atoms with Crippen LogP contribution in [0.15, 0.2) is 30.7 Å². The Balaban J connectivity index is 1.86. The monoisotopic (exact) mass is 285 g/mol. The highest BCUT2D eigenvalue weighted by Gasteiger charge is 2.15. The van der Waals surface area contributed by atoms with Crippen molar-refractivity contribution in [2.75, 3.05) is 18.5 Å². The van der Waals surface area contributed by atoms with E-state index in [4.69, 9.17) is 4.74 Å². The van der Waals surface area contributed by atoms with Crippen LogP contribution in [0, 0.1) is 0 Å². The number of nitrogens with zero attached hydrogens (tertiary/aromatic N) is 2. The molecule has 0 atom stereocenters. The van der Waals surface area contributed by atoms with Gasteiger partial charge in [0.25, 0.3) is 0 Å². The maximum absolute atomic E-state index is 5.65. The van der Waals surface area contributed by atoms with Crippen LogP contribution in [0.3, 0.4) is 0 Å². The highest BCUT2D eigenvalue weighted by Crippen LogP contribution is 2.33. The quantitative estimate of drug-likeness (QED) is 0.916. The summed E-state index contributed by atoms with van der Waals surface area (Å²) in [6, 6.07) is 6.53. The van der Waals surface area contributed by atoms with Crippen LogP contribution in [0.25, 0.3) is 11.3 Å². The SMILES string of the molecule is CC(C)OCCn1cncc1-c1cccc2c1NCCC2. The summed E-state index contributed by atoms with van der Waals surface area (Å²) in [6.07, 6.45) is 6.46. The highest BCUT2D eigenvalue weighted by atomic mass is 16.5. The summed E-state index contributed by atoms with van der Waals surface area (Å²) < 4.78 is 7.83. The molecule has 0 radical (unpaired) electrons. The van der Waals surface area contributed by atoms with Gasteiger partial charge in [0.05, 0.1) is 30.9 Å². The molecule has 21 heavy (non-hydrogen) atoms. The Kier molecular flexibility index (Phi) is 4.25. The van der Waals surface area contributed by atoms with Crippen LogP contribution in [0.1, 0.15) is 25.8 Å². The molecule has 0 saturated heterocycles. The summed E-state index contributed by atoms with van der Waals surface area (Å²) in [4.78, 5) is 4.32. The summed E-state index contributed by atoms with van der Waals surface area (Å²) >= 11 is 0. The van der Waals surface area contributed by atoms with Gasteiger partial charge < -0.3 is 14.6 Å². The van der Waals surface area contributed by atoms with Crippen molar-refractivity contribution >= 4 is 5.69 Å². The van der Waals surface area contributed by atoms with E-state index in [0.29, 0.717) is 6.61 Å². The maximum atomic E-state index is 5.65. The smallest absolute Gasteiger partial charge is 0.0951 e. The standard InChI is InChI=1S/C17H23N3O/c1-13(2)21-10-9-20-12-18-11-16(20)15-7-3-5-14-6-4-8-19-17(14)15/h3,5,7,11-13,19H,4,6,8-10H2,1-2H3. The molecule has 1 aliphatic rings. The molecule has 0 unspecified atom stereocenters. The van der Waals surface area contributed by atoms with E-state index in [2.05, 4.69) is 46.9 Å². The average molecular weight is 285 g/mol. The molecule has 0 saturated carbocycles. The summed E-state index contributed by atoms with van der Waals surface area (Å²) in [5, 5.41) is 3.55. The highest BCUT2D eigenvalue weighted by molar-refractivity contribution is 5.78. The summed E-state index contributed by atoms with van der Waals surface area (Å²) in [5.41, 5.74) is 5.09. The largest absolute Gasteiger partial charge is 0.384 e. The Hall–Kier alpha value is -1.81. The van der Waals surface area contributed by atoms with Gasteiger partial charge in [-0.3, -0.25) is 0 Å². The lowest BCUT2D eigenvalue weighted by Crippen LogP contribution is -2.14. The first-order valence-corrected chi connectivity index (χ1v) is 7.73. The number of benzene rings is 1. The van der Waals surface area contributed by atoms with Crippen LogP contribution in [-0.4, -0.2) is 28.8 Å². The minimum Gasteiger partial charge on any atom is -0.384 e.